The van der Waals surface area contributed by atoms with Gasteiger partial charge in [-0.3, -0.25) is 4.79 Å². The number of carbonyl (C=O) groups excluding carboxylic acids is 1. The molecule has 134 valence electrons. The van der Waals surface area contributed by atoms with E-state index in [1.165, 1.54) is 23.1 Å². The molecule has 0 bridgehead atoms. The molecule has 3 aromatic heterocycles. The first-order valence-corrected chi connectivity index (χ1v) is 10.2. The fraction of sp³-hybridized carbons (Fsp3) is 0.353. The van der Waals surface area contributed by atoms with E-state index in [1.807, 2.05) is 36.0 Å². The molecule has 0 unspecified atom stereocenters. The molecule has 7 nitrogen and oxygen atoms in total. The highest BCUT2D eigenvalue weighted by molar-refractivity contribution is 8.01. The number of aryl methyl sites for hydroxylation is 1. The summed E-state index contributed by atoms with van der Waals surface area (Å²) in [6.07, 6.45) is 6.50. The number of hydrogen-bond donors (Lipinski definition) is 1. The maximum atomic E-state index is 12.4. The lowest BCUT2D eigenvalue weighted by Crippen LogP contribution is -2.32. The van der Waals surface area contributed by atoms with Gasteiger partial charge in [-0.15, -0.1) is 10.2 Å². The Kier molecular flexibility index (Phi) is 4.98. The van der Waals surface area contributed by atoms with E-state index in [4.69, 9.17) is 0 Å². The SMILES string of the molecule is Cc1nnc(SCC(=O)N[C@H]2CCCc3c2cnn3-c2ccccn2)s1. The third-order valence-electron chi connectivity index (χ3n) is 4.22. The van der Waals surface area contributed by atoms with Crippen LogP contribution in [0, 0.1) is 6.92 Å². The second-order valence-corrected chi connectivity index (χ2v) is 8.44. The third kappa shape index (κ3) is 3.63. The number of nitrogens with zero attached hydrogens (tertiary/aromatic N) is 5. The number of amides is 1. The Morgan fingerprint density at radius 1 is 1.42 bits per heavy atom. The van der Waals surface area contributed by atoms with Crippen LogP contribution in [-0.4, -0.2) is 36.6 Å². The van der Waals surface area contributed by atoms with Gasteiger partial charge in [-0.05, 0) is 38.3 Å². The molecule has 1 aliphatic carbocycles. The molecule has 1 N–H and O–H groups in total. The van der Waals surface area contributed by atoms with Crippen molar-refractivity contribution in [2.24, 2.45) is 0 Å². The van der Waals surface area contributed by atoms with Crippen LogP contribution in [-0.2, 0) is 11.2 Å². The first kappa shape index (κ1) is 17.2. The van der Waals surface area contributed by atoms with Crippen molar-refractivity contribution in [1.82, 2.24) is 30.3 Å². The monoisotopic (exact) mass is 386 g/mol. The number of nitrogens with one attached hydrogen (secondary N) is 1. The summed E-state index contributed by atoms with van der Waals surface area (Å²) in [6.45, 7) is 1.91. The Bertz CT molecular complexity index is 907. The fourth-order valence-corrected chi connectivity index (χ4v) is 4.71. The molecule has 3 aromatic rings. The van der Waals surface area contributed by atoms with E-state index in [0.29, 0.717) is 5.75 Å². The summed E-state index contributed by atoms with van der Waals surface area (Å²) in [7, 11) is 0. The quantitative estimate of drug-likeness (QED) is 0.679. The Labute approximate surface area is 159 Å². The zero-order valence-corrected chi connectivity index (χ0v) is 15.9. The van der Waals surface area contributed by atoms with Gasteiger partial charge in [0.2, 0.25) is 5.91 Å². The molecule has 0 saturated carbocycles. The number of thioether (sulfide) groups is 1. The topological polar surface area (TPSA) is 85.6 Å². The van der Waals surface area contributed by atoms with Crippen molar-refractivity contribution in [2.45, 2.75) is 36.6 Å². The third-order valence-corrected chi connectivity index (χ3v) is 6.19. The Hall–Kier alpha value is -2.26. The van der Waals surface area contributed by atoms with Crippen molar-refractivity contribution in [3.63, 3.8) is 0 Å². The Morgan fingerprint density at radius 2 is 2.35 bits per heavy atom. The number of carbonyl (C=O) groups is 1. The van der Waals surface area contributed by atoms with Crippen molar-refractivity contribution >= 4 is 29.0 Å². The van der Waals surface area contributed by atoms with Crippen molar-refractivity contribution in [3.8, 4) is 5.82 Å². The molecule has 1 amide bonds. The molecule has 4 rings (SSSR count). The smallest absolute Gasteiger partial charge is 0.230 e. The Balaban J connectivity index is 1.45. The summed E-state index contributed by atoms with van der Waals surface area (Å²) < 4.78 is 2.71. The summed E-state index contributed by atoms with van der Waals surface area (Å²) in [5, 5.41) is 16.6. The van der Waals surface area contributed by atoms with Gasteiger partial charge in [0, 0.05) is 11.8 Å². The lowest BCUT2D eigenvalue weighted by atomic mass is 9.93. The summed E-state index contributed by atoms with van der Waals surface area (Å²) in [5.41, 5.74) is 2.22. The minimum atomic E-state index is 0.000434. The van der Waals surface area contributed by atoms with Crippen LogP contribution in [0.1, 0.15) is 35.1 Å². The van der Waals surface area contributed by atoms with Gasteiger partial charge in [0.05, 0.1) is 23.7 Å². The van der Waals surface area contributed by atoms with E-state index in [0.717, 1.165) is 45.7 Å². The van der Waals surface area contributed by atoms with Gasteiger partial charge < -0.3 is 5.32 Å². The molecule has 0 aliphatic heterocycles. The van der Waals surface area contributed by atoms with Crippen LogP contribution in [0.4, 0.5) is 0 Å². The molecular weight excluding hydrogens is 368 g/mol. The summed E-state index contributed by atoms with van der Waals surface area (Å²) >= 11 is 2.93. The molecule has 0 saturated heterocycles. The minimum Gasteiger partial charge on any atom is -0.348 e. The van der Waals surface area contributed by atoms with Crippen molar-refractivity contribution in [3.05, 3.63) is 46.9 Å². The van der Waals surface area contributed by atoms with Gasteiger partial charge >= 0.3 is 0 Å². The predicted molar refractivity (Wildman–Crippen MR) is 101 cm³/mol. The van der Waals surface area contributed by atoms with Gasteiger partial charge in [0.25, 0.3) is 0 Å². The highest BCUT2D eigenvalue weighted by Gasteiger charge is 2.26. The van der Waals surface area contributed by atoms with Gasteiger partial charge in [0.1, 0.15) is 5.01 Å². The van der Waals surface area contributed by atoms with E-state index in [2.05, 4.69) is 25.6 Å². The number of aromatic nitrogens is 5. The van der Waals surface area contributed by atoms with E-state index in [-0.39, 0.29) is 11.9 Å². The molecule has 26 heavy (non-hydrogen) atoms. The number of pyridine rings is 1. The van der Waals surface area contributed by atoms with Crippen LogP contribution in [0.2, 0.25) is 0 Å². The maximum Gasteiger partial charge on any atom is 0.230 e. The molecule has 1 aliphatic rings. The molecule has 1 atom stereocenters. The van der Waals surface area contributed by atoms with Gasteiger partial charge in [-0.25, -0.2) is 9.67 Å². The van der Waals surface area contributed by atoms with Crippen LogP contribution in [0.25, 0.3) is 5.82 Å². The largest absolute Gasteiger partial charge is 0.348 e. The standard InChI is InChI=1S/C17H18N6OS2/c1-11-21-22-17(26-11)25-10-16(24)20-13-5-4-6-14-12(13)9-19-23(14)15-7-2-3-8-18-15/h2-3,7-9,13H,4-6,10H2,1H3,(H,20,24)/t13-/m0/s1. The van der Waals surface area contributed by atoms with Crippen molar-refractivity contribution in [1.29, 1.82) is 0 Å². The van der Waals surface area contributed by atoms with Crippen LogP contribution in [0.5, 0.6) is 0 Å². The average molecular weight is 387 g/mol. The molecule has 9 heteroatoms. The zero-order chi connectivity index (χ0) is 17.9. The first-order valence-electron chi connectivity index (χ1n) is 8.41. The van der Waals surface area contributed by atoms with E-state index < -0.39 is 0 Å². The fourth-order valence-electron chi connectivity index (χ4n) is 3.08. The highest BCUT2D eigenvalue weighted by atomic mass is 32.2. The number of fused-ring (bicyclic) bond motifs is 1. The second-order valence-electron chi connectivity index (χ2n) is 6.03. The average Bonchev–Trinajstić information content (AvgIpc) is 3.27. The Morgan fingerprint density at radius 3 is 3.12 bits per heavy atom. The van der Waals surface area contributed by atoms with Crippen LogP contribution in [0.15, 0.2) is 34.9 Å². The summed E-state index contributed by atoms with van der Waals surface area (Å²) in [5.74, 6) is 1.16. The number of hydrogen-bond acceptors (Lipinski definition) is 7. The molecule has 0 radical (unpaired) electrons. The van der Waals surface area contributed by atoms with Crippen LogP contribution >= 0.6 is 23.1 Å². The van der Waals surface area contributed by atoms with Gasteiger partial charge in [-0.1, -0.05) is 29.2 Å². The van der Waals surface area contributed by atoms with E-state index >= 15 is 0 Å². The van der Waals surface area contributed by atoms with Crippen LogP contribution < -0.4 is 5.32 Å². The molecule has 0 aromatic carbocycles. The van der Waals surface area contributed by atoms with Crippen molar-refractivity contribution < 1.29 is 4.79 Å². The van der Waals surface area contributed by atoms with Gasteiger partial charge in [-0.2, -0.15) is 5.10 Å². The van der Waals surface area contributed by atoms with Crippen LogP contribution in [0.3, 0.4) is 0 Å². The minimum absolute atomic E-state index is 0.000434. The summed E-state index contributed by atoms with van der Waals surface area (Å²) in [6, 6.07) is 5.78. The molecule has 0 fully saturated rings. The van der Waals surface area contributed by atoms with Gasteiger partial charge in [0.15, 0.2) is 10.2 Å². The highest BCUT2D eigenvalue weighted by Crippen LogP contribution is 2.31. The zero-order valence-electron chi connectivity index (χ0n) is 14.3. The molecular formula is C17H18N6OS2. The lowest BCUT2D eigenvalue weighted by molar-refractivity contribution is -0.119. The number of rotatable bonds is 5. The predicted octanol–water partition coefficient (Wildman–Crippen LogP) is 2.71. The van der Waals surface area contributed by atoms with E-state index in [9.17, 15) is 4.79 Å². The van der Waals surface area contributed by atoms with Crippen molar-refractivity contribution in [2.75, 3.05) is 5.75 Å². The molecule has 0 spiro atoms. The first-order chi connectivity index (χ1) is 12.7. The summed E-state index contributed by atoms with van der Waals surface area (Å²) in [4.78, 5) is 16.7. The lowest BCUT2D eigenvalue weighted by Gasteiger charge is -2.24. The molecule has 3 heterocycles. The maximum absolute atomic E-state index is 12.4. The van der Waals surface area contributed by atoms with E-state index in [1.54, 1.807) is 6.20 Å². The normalized spacial score (nSPS) is 16.3. The second kappa shape index (κ2) is 7.55.